The van der Waals surface area contributed by atoms with Gasteiger partial charge < -0.3 is 4.74 Å². The summed E-state index contributed by atoms with van der Waals surface area (Å²) in [7, 11) is 0. The molecular formula is C5H7NO2. The molecule has 0 rings (SSSR count). The van der Waals surface area contributed by atoms with Gasteiger partial charge in [0.25, 0.3) is 0 Å². The molecule has 0 bridgehead atoms. The average molecular weight is 113 g/mol. The monoisotopic (exact) mass is 113 g/mol. The van der Waals surface area contributed by atoms with Crippen LogP contribution in [0.2, 0.25) is 0 Å². The van der Waals surface area contributed by atoms with Crippen molar-refractivity contribution >= 4 is 5.97 Å². The van der Waals surface area contributed by atoms with Crippen LogP contribution in [0, 0.1) is 11.8 Å². The van der Waals surface area contributed by atoms with Crippen molar-refractivity contribution in [2.45, 2.75) is 6.92 Å². The molecule has 0 aromatic heterocycles. The smallest absolute Gasteiger partial charge is 0.307 e. The SMILES string of the molecule is C#N.C=COC(C)=O. The van der Waals surface area contributed by atoms with Crippen LogP contribution in [-0.4, -0.2) is 5.97 Å². The van der Waals surface area contributed by atoms with Crippen LogP contribution < -0.4 is 0 Å². The van der Waals surface area contributed by atoms with E-state index in [9.17, 15) is 4.79 Å². The number of hydrogen-bond donors (Lipinski definition) is 0. The van der Waals surface area contributed by atoms with Gasteiger partial charge in [-0.05, 0) is 0 Å². The first-order valence-electron chi connectivity index (χ1n) is 1.81. The molecular weight excluding hydrogens is 106 g/mol. The van der Waals surface area contributed by atoms with Crippen LogP contribution in [-0.2, 0) is 9.53 Å². The summed E-state index contributed by atoms with van der Waals surface area (Å²) in [4.78, 5) is 9.75. The first-order valence-corrected chi connectivity index (χ1v) is 1.81. The zero-order chi connectivity index (χ0) is 6.99. The number of nitriles is 1. The molecule has 3 nitrogen and oxygen atoms in total. The molecule has 0 amide bonds. The lowest BCUT2D eigenvalue weighted by Crippen LogP contribution is -1.87. The number of nitrogens with zero attached hydrogens (tertiary/aromatic N) is 1. The van der Waals surface area contributed by atoms with Crippen LogP contribution in [0.25, 0.3) is 0 Å². The predicted molar refractivity (Wildman–Crippen MR) is 28.6 cm³/mol. The Kier molecular flexibility index (Phi) is 11.3. The van der Waals surface area contributed by atoms with Gasteiger partial charge >= 0.3 is 5.97 Å². The third-order valence-electron chi connectivity index (χ3n) is 0.249. The number of rotatable bonds is 1. The molecule has 44 valence electrons. The number of carbonyl (C=O) groups excluding carboxylic acids is 1. The summed E-state index contributed by atoms with van der Waals surface area (Å²) in [6, 6.07) is 0. The van der Waals surface area contributed by atoms with Gasteiger partial charge in [-0.25, -0.2) is 5.26 Å². The van der Waals surface area contributed by atoms with E-state index < -0.39 is 0 Å². The molecule has 0 atom stereocenters. The first-order chi connectivity index (χ1) is 3.77. The fraction of sp³-hybridized carbons (Fsp3) is 0.200. The van der Waals surface area contributed by atoms with E-state index in [2.05, 4.69) is 17.9 Å². The Morgan fingerprint density at radius 1 is 1.88 bits per heavy atom. The molecule has 0 unspecified atom stereocenters. The summed E-state index contributed by atoms with van der Waals surface area (Å²) in [6.07, 6.45) is 1.10. The first kappa shape index (κ1) is 9.85. The summed E-state index contributed by atoms with van der Waals surface area (Å²) in [5.74, 6) is -0.329. The van der Waals surface area contributed by atoms with Crippen molar-refractivity contribution in [3.8, 4) is 6.57 Å². The lowest BCUT2D eigenvalue weighted by atomic mass is 10.8. The van der Waals surface area contributed by atoms with E-state index in [1.54, 1.807) is 0 Å². The molecule has 8 heavy (non-hydrogen) atoms. The van der Waals surface area contributed by atoms with Crippen LogP contribution >= 0.6 is 0 Å². The fourth-order valence-electron chi connectivity index (χ4n) is 0.117. The number of esters is 1. The second-order valence-corrected chi connectivity index (χ2v) is 0.776. The molecule has 0 aromatic carbocycles. The second-order valence-electron chi connectivity index (χ2n) is 0.776. The molecule has 0 radical (unpaired) electrons. The quantitative estimate of drug-likeness (QED) is 0.374. The summed E-state index contributed by atoms with van der Waals surface area (Å²) >= 11 is 0. The molecule has 0 aromatic rings. The highest BCUT2D eigenvalue weighted by molar-refractivity contribution is 5.66. The van der Waals surface area contributed by atoms with Gasteiger partial charge in [0.1, 0.15) is 0 Å². The van der Waals surface area contributed by atoms with E-state index in [4.69, 9.17) is 5.26 Å². The second kappa shape index (κ2) is 9.20. The zero-order valence-electron chi connectivity index (χ0n) is 4.63. The predicted octanol–water partition coefficient (Wildman–Crippen LogP) is 0.833. The average Bonchev–Trinajstić information content (AvgIpc) is 1.72. The largest absolute Gasteiger partial charge is 0.435 e. The van der Waals surface area contributed by atoms with E-state index in [1.165, 1.54) is 6.92 Å². The lowest BCUT2D eigenvalue weighted by molar-refractivity contribution is -0.135. The van der Waals surface area contributed by atoms with Crippen molar-refractivity contribution in [2.75, 3.05) is 0 Å². The minimum absolute atomic E-state index is 0.329. The van der Waals surface area contributed by atoms with Gasteiger partial charge in [0.05, 0.1) is 6.26 Å². The molecule has 0 aliphatic carbocycles. The van der Waals surface area contributed by atoms with Crippen LogP contribution in [0.15, 0.2) is 12.8 Å². The van der Waals surface area contributed by atoms with Crippen LogP contribution in [0.1, 0.15) is 6.92 Å². The van der Waals surface area contributed by atoms with Crippen molar-refractivity contribution in [3.05, 3.63) is 12.8 Å². The highest BCUT2D eigenvalue weighted by atomic mass is 16.5. The van der Waals surface area contributed by atoms with Crippen LogP contribution in [0.5, 0.6) is 0 Å². The molecule has 0 N–H and O–H groups in total. The van der Waals surface area contributed by atoms with Crippen molar-refractivity contribution in [2.24, 2.45) is 0 Å². The van der Waals surface area contributed by atoms with Gasteiger partial charge in [0.2, 0.25) is 0 Å². The molecule has 0 saturated heterocycles. The van der Waals surface area contributed by atoms with Gasteiger partial charge in [0.15, 0.2) is 0 Å². The highest BCUT2D eigenvalue weighted by Gasteiger charge is 1.79. The molecule has 3 heteroatoms. The Morgan fingerprint density at radius 3 is 2.25 bits per heavy atom. The summed E-state index contributed by atoms with van der Waals surface area (Å²) in [5, 5.41) is 6.50. The molecule has 0 spiro atoms. The Morgan fingerprint density at radius 2 is 2.25 bits per heavy atom. The molecule has 0 aliphatic heterocycles. The third kappa shape index (κ3) is 22.3. The lowest BCUT2D eigenvalue weighted by Gasteiger charge is -1.83. The number of ether oxygens (including phenoxy) is 1. The summed E-state index contributed by atoms with van der Waals surface area (Å²) in [6.45, 7) is 7.98. The Balaban J connectivity index is 0. The minimum atomic E-state index is -0.329. The Hall–Kier alpha value is -1.30. The molecule has 0 heterocycles. The van der Waals surface area contributed by atoms with Gasteiger partial charge in [-0.3, -0.25) is 4.79 Å². The zero-order valence-corrected chi connectivity index (χ0v) is 4.63. The van der Waals surface area contributed by atoms with Crippen molar-refractivity contribution < 1.29 is 9.53 Å². The topological polar surface area (TPSA) is 50.1 Å². The summed E-state index contributed by atoms with van der Waals surface area (Å²) < 4.78 is 4.17. The Labute approximate surface area is 48.2 Å². The molecule has 0 aliphatic rings. The standard InChI is InChI=1S/C4H6O2.CHN/c1-3-6-4(2)5;1-2/h3H,1H2,2H3;1H. The molecule has 0 saturated carbocycles. The maximum absolute atomic E-state index is 9.75. The van der Waals surface area contributed by atoms with Gasteiger partial charge in [-0.2, -0.15) is 0 Å². The number of carbonyl (C=O) groups is 1. The third-order valence-corrected chi connectivity index (χ3v) is 0.249. The van der Waals surface area contributed by atoms with Gasteiger partial charge in [-0.1, -0.05) is 6.58 Å². The van der Waals surface area contributed by atoms with Crippen molar-refractivity contribution in [1.29, 1.82) is 5.26 Å². The molecule has 0 fully saturated rings. The maximum atomic E-state index is 9.75. The van der Waals surface area contributed by atoms with E-state index in [-0.39, 0.29) is 5.97 Å². The van der Waals surface area contributed by atoms with E-state index in [1.807, 2.05) is 0 Å². The maximum Gasteiger partial charge on any atom is 0.307 e. The fourth-order valence-corrected chi connectivity index (χ4v) is 0.117. The highest BCUT2D eigenvalue weighted by Crippen LogP contribution is 1.70. The minimum Gasteiger partial charge on any atom is -0.435 e. The number of hydrogen-bond acceptors (Lipinski definition) is 3. The Bertz CT molecular complexity index is 95.8. The summed E-state index contributed by atoms with van der Waals surface area (Å²) in [5.41, 5.74) is 0. The van der Waals surface area contributed by atoms with E-state index in [0.717, 1.165) is 6.26 Å². The van der Waals surface area contributed by atoms with E-state index in [0.29, 0.717) is 0 Å². The van der Waals surface area contributed by atoms with Crippen molar-refractivity contribution in [1.82, 2.24) is 0 Å². The van der Waals surface area contributed by atoms with Gasteiger partial charge in [0, 0.05) is 13.5 Å². The van der Waals surface area contributed by atoms with Crippen molar-refractivity contribution in [3.63, 3.8) is 0 Å². The van der Waals surface area contributed by atoms with Crippen LogP contribution in [0.3, 0.4) is 0 Å². The van der Waals surface area contributed by atoms with Gasteiger partial charge in [-0.15, -0.1) is 0 Å². The normalized spacial score (nSPS) is 5.38. The van der Waals surface area contributed by atoms with Crippen LogP contribution in [0.4, 0.5) is 0 Å². The van der Waals surface area contributed by atoms with E-state index >= 15 is 0 Å².